The summed E-state index contributed by atoms with van der Waals surface area (Å²) >= 11 is 0. The number of alkyl carbamates (subject to hydrolysis) is 1. The second kappa shape index (κ2) is 9.11. The molecule has 1 N–H and O–H groups in total. The molecule has 0 atom stereocenters. The maximum atomic E-state index is 13.1. The third-order valence-corrected chi connectivity index (χ3v) is 3.10. The predicted molar refractivity (Wildman–Crippen MR) is 87.9 cm³/mol. The van der Waals surface area contributed by atoms with Gasteiger partial charge in [-0.15, -0.1) is 0 Å². The van der Waals surface area contributed by atoms with E-state index in [1.807, 2.05) is 30.3 Å². The summed E-state index contributed by atoms with van der Waals surface area (Å²) in [6.45, 7) is 0.497. The molecule has 0 aromatic heterocycles. The van der Waals surface area contributed by atoms with Gasteiger partial charge < -0.3 is 10.1 Å². The summed E-state index contributed by atoms with van der Waals surface area (Å²) in [5.74, 6) is 5.06. The molecule has 0 spiro atoms. The molecule has 0 heterocycles. The summed E-state index contributed by atoms with van der Waals surface area (Å²) < 4.78 is 18.2. The van der Waals surface area contributed by atoms with Gasteiger partial charge in [0.1, 0.15) is 12.4 Å². The minimum atomic E-state index is -0.528. The number of halogens is 1. The molecule has 1 amide bonds. The average Bonchev–Trinajstić information content (AvgIpc) is 2.61. The summed E-state index contributed by atoms with van der Waals surface area (Å²) in [5, 5.41) is 2.57. The van der Waals surface area contributed by atoms with Gasteiger partial charge in [-0.25, -0.2) is 9.18 Å². The highest BCUT2D eigenvalue weighted by Crippen LogP contribution is 2.08. The molecule has 24 heavy (non-hydrogen) atoms. The zero-order valence-electron chi connectivity index (χ0n) is 12.9. The van der Waals surface area contributed by atoms with Gasteiger partial charge >= 0.3 is 6.09 Å². The van der Waals surface area contributed by atoms with Crippen molar-refractivity contribution in [2.24, 2.45) is 0 Å². The van der Waals surface area contributed by atoms with Crippen molar-refractivity contribution in [2.45, 2.75) is 13.0 Å². The van der Waals surface area contributed by atoms with Gasteiger partial charge in [-0.2, -0.15) is 0 Å². The summed E-state index contributed by atoms with van der Waals surface area (Å²) in [6, 6.07) is 13.1. The van der Waals surface area contributed by atoms with Crippen LogP contribution in [-0.2, 0) is 11.3 Å². The molecular weight excluding hydrogens is 309 g/mol. The number of hydrogen-bond acceptors (Lipinski definition) is 3. The number of nitrogens with one attached hydrogen (secondary N) is 1. The van der Waals surface area contributed by atoms with E-state index in [0.29, 0.717) is 30.4 Å². The molecule has 2 rings (SSSR count). The Morgan fingerprint density at radius 2 is 2.00 bits per heavy atom. The molecule has 2 aromatic rings. The fraction of sp³-hybridized carbons (Fsp3) is 0.158. The van der Waals surface area contributed by atoms with E-state index in [-0.39, 0.29) is 6.61 Å². The van der Waals surface area contributed by atoms with Crippen molar-refractivity contribution in [1.29, 1.82) is 0 Å². The standard InChI is InChI=1S/C19H16FNO3/c20-18-10-9-17(13-22)16(12-18)8-4-5-11-21-19(23)24-14-15-6-2-1-3-7-15/h1-3,6-7,9-10,12-13H,5,11,14H2,(H,21,23). The lowest BCUT2D eigenvalue weighted by atomic mass is 10.1. The van der Waals surface area contributed by atoms with E-state index >= 15 is 0 Å². The molecule has 2 aromatic carbocycles. The molecule has 0 saturated carbocycles. The minimum absolute atomic E-state index is 0.199. The topological polar surface area (TPSA) is 55.4 Å². The Balaban J connectivity index is 1.74. The number of benzene rings is 2. The van der Waals surface area contributed by atoms with Crippen LogP contribution in [0.2, 0.25) is 0 Å². The first-order valence-corrected chi connectivity index (χ1v) is 7.37. The van der Waals surface area contributed by atoms with Gasteiger partial charge in [-0.05, 0) is 23.8 Å². The second-order valence-corrected chi connectivity index (χ2v) is 4.89. The molecule has 0 unspecified atom stereocenters. The van der Waals surface area contributed by atoms with E-state index in [4.69, 9.17) is 4.74 Å². The van der Waals surface area contributed by atoms with Crippen LogP contribution in [-0.4, -0.2) is 18.9 Å². The highest BCUT2D eigenvalue weighted by Gasteiger charge is 2.02. The number of carbonyl (C=O) groups excluding carboxylic acids is 2. The molecule has 0 radical (unpaired) electrons. The Bertz CT molecular complexity index is 763. The molecule has 0 aliphatic rings. The van der Waals surface area contributed by atoms with E-state index in [0.717, 1.165) is 5.56 Å². The highest BCUT2D eigenvalue weighted by atomic mass is 19.1. The van der Waals surface area contributed by atoms with Crippen LogP contribution in [0.4, 0.5) is 9.18 Å². The van der Waals surface area contributed by atoms with E-state index < -0.39 is 11.9 Å². The molecule has 5 heteroatoms. The van der Waals surface area contributed by atoms with Crippen molar-refractivity contribution >= 4 is 12.4 Å². The molecule has 0 aliphatic heterocycles. The SMILES string of the molecule is O=Cc1ccc(F)cc1C#CCCNC(=O)OCc1ccccc1. The Kier molecular flexibility index (Phi) is 6.54. The van der Waals surface area contributed by atoms with Crippen LogP contribution in [0.3, 0.4) is 0 Å². The Morgan fingerprint density at radius 1 is 1.21 bits per heavy atom. The smallest absolute Gasteiger partial charge is 0.407 e. The largest absolute Gasteiger partial charge is 0.445 e. The summed E-state index contributed by atoms with van der Waals surface area (Å²) in [7, 11) is 0. The third kappa shape index (κ3) is 5.58. The van der Waals surface area contributed by atoms with E-state index in [1.165, 1.54) is 18.2 Å². The van der Waals surface area contributed by atoms with Gasteiger partial charge in [0.05, 0.1) is 0 Å². The minimum Gasteiger partial charge on any atom is -0.445 e. The zero-order chi connectivity index (χ0) is 17.2. The monoisotopic (exact) mass is 325 g/mol. The molecule has 0 saturated heterocycles. The third-order valence-electron chi connectivity index (χ3n) is 3.10. The number of carbonyl (C=O) groups is 2. The summed E-state index contributed by atoms with van der Waals surface area (Å²) in [5.41, 5.74) is 1.57. The van der Waals surface area contributed by atoms with Crippen LogP contribution in [0, 0.1) is 17.7 Å². The van der Waals surface area contributed by atoms with Crippen LogP contribution in [0.25, 0.3) is 0 Å². The Hall–Kier alpha value is -3.13. The number of rotatable bonds is 5. The summed E-state index contributed by atoms with van der Waals surface area (Å²) in [4.78, 5) is 22.4. The lowest BCUT2D eigenvalue weighted by Gasteiger charge is -2.05. The molecule has 0 bridgehead atoms. The van der Waals surface area contributed by atoms with E-state index in [2.05, 4.69) is 17.2 Å². The second-order valence-electron chi connectivity index (χ2n) is 4.89. The van der Waals surface area contributed by atoms with Gasteiger partial charge in [-0.3, -0.25) is 4.79 Å². The highest BCUT2D eigenvalue weighted by molar-refractivity contribution is 5.79. The van der Waals surface area contributed by atoms with Crippen LogP contribution in [0.5, 0.6) is 0 Å². The van der Waals surface area contributed by atoms with Crippen molar-refractivity contribution in [2.75, 3.05) is 6.54 Å². The first kappa shape index (κ1) is 17.2. The Morgan fingerprint density at radius 3 is 2.75 bits per heavy atom. The molecule has 122 valence electrons. The molecular formula is C19H16FNO3. The quantitative estimate of drug-likeness (QED) is 0.521. The van der Waals surface area contributed by atoms with Crippen LogP contribution in [0.15, 0.2) is 48.5 Å². The van der Waals surface area contributed by atoms with E-state index in [9.17, 15) is 14.0 Å². The van der Waals surface area contributed by atoms with Crippen molar-refractivity contribution < 1.29 is 18.7 Å². The summed E-state index contributed by atoms with van der Waals surface area (Å²) in [6.07, 6.45) is 0.456. The Labute approximate surface area is 139 Å². The lowest BCUT2D eigenvalue weighted by Crippen LogP contribution is -2.24. The van der Waals surface area contributed by atoms with Crippen LogP contribution >= 0.6 is 0 Å². The van der Waals surface area contributed by atoms with Gasteiger partial charge in [-0.1, -0.05) is 42.2 Å². The van der Waals surface area contributed by atoms with Gasteiger partial charge in [0.2, 0.25) is 0 Å². The normalized spacial score (nSPS) is 9.54. The fourth-order valence-electron chi connectivity index (χ4n) is 1.90. The maximum absolute atomic E-state index is 13.1. The van der Waals surface area contributed by atoms with Gasteiger partial charge in [0.25, 0.3) is 0 Å². The number of amides is 1. The van der Waals surface area contributed by atoms with E-state index in [1.54, 1.807) is 0 Å². The van der Waals surface area contributed by atoms with Crippen molar-refractivity contribution in [3.8, 4) is 11.8 Å². The lowest BCUT2D eigenvalue weighted by molar-refractivity contribution is 0.112. The van der Waals surface area contributed by atoms with Crippen molar-refractivity contribution in [1.82, 2.24) is 5.32 Å². The number of aldehydes is 1. The van der Waals surface area contributed by atoms with Crippen LogP contribution < -0.4 is 5.32 Å². The predicted octanol–water partition coefficient (Wildman–Crippen LogP) is 3.31. The number of ether oxygens (including phenoxy) is 1. The molecule has 0 aliphatic carbocycles. The first-order valence-electron chi connectivity index (χ1n) is 7.37. The van der Waals surface area contributed by atoms with Gasteiger partial charge in [0, 0.05) is 24.1 Å². The molecule has 0 fully saturated rings. The van der Waals surface area contributed by atoms with Crippen LogP contribution in [0.1, 0.15) is 27.9 Å². The fourth-order valence-corrected chi connectivity index (χ4v) is 1.90. The van der Waals surface area contributed by atoms with Crippen molar-refractivity contribution in [3.05, 3.63) is 71.0 Å². The molecule has 4 nitrogen and oxygen atoms in total. The maximum Gasteiger partial charge on any atom is 0.407 e. The average molecular weight is 325 g/mol. The first-order chi connectivity index (χ1) is 11.7. The zero-order valence-corrected chi connectivity index (χ0v) is 12.9. The van der Waals surface area contributed by atoms with Crippen molar-refractivity contribution in [3.63, 3.8) is 0 Å². The van der Waals surface area contributed by atoms with Gasteiger partial charge in [0.15, 0.2) is 6.29 Å². The number of hydrogen-bond donors (Lipinski definition) is 1.